The van der Waals surface area contributed by atoms with Crippen LogP contribution in [0.3, 0.4) is 0 Å². The van der Waals surface area contributed by atoms with E-state index in [0.717, 1.165) is 16.7 Å². The smallest absolute Gasteiger partial charge is 0.331 e. The molecule has 218 valence electrons. The second kappa shape index (κ2) is 12.5. The van der Waals surface area contributed by atoms with Gasteiger partial charge in [-0.2, -0.15) is 0 Å². The number of aromatic nitrogens is 2. The van der Waals surface area contributed by atoms with Crippen LogP contribution >= 0.6 is 0 Å². The molecule has 4 aromatic rings. The Hall–Kier alpha value is -4.64. The molecular weight excluding hydrogens is 540 g/mol. The number of hydrogen-bond acceptors (Lipinski definition) is 8. The van der Waals surface area contributed by atoms with Crippen molar-refractivity contribution in [2.75, 3.05) is 27.6 Å². The Balaban J connectivity index is 1.57. The van der Waals surface area contributed by atoms with Crippen LogP contribution in [0.5, 0.6) is 11.5 Å². The zero-order chi connectivity index (χ0) is 29.7. The van der Waals surface area contributed by atoms with Crippen LogP contribution in [0.4, 0.5) is 0 Å². The van der Waals surface area contributed by atoms with Gasteiger partial charge in [-0.1, -0.05) is 54.6 Å². The number of aryl methyl sites for hydroxylation is 1. The zero-order valence-corrected chi connectivity index (χ0v) is 23.5. The number of nitrogens with one attached hydrogen (secondary N) is 1. The number of ether oxygens (including phenoxy) is 5. The van der Waals surface area contributed by atoms with Gasteiger partial charge in [-0.15, -0.1) is 0 Å². The van der Waals surface area contributed by atoms with Crippen LogP contribution in [0.15, 0.2) is 106 Å². The van der Waals surface area contributed by atoms with Crippen molar-refractivity contribution in [3.63, 3.8) is 0 Å². The fraction of sp³-hybridized carbons (Fsp3) is 0.250. The van der Waals surface area contributed by atoms with E-state index < -0.39 is 36.0 Å². The van der Waals surface area contributed by atoms with E-state index in [9.17, 15) is 14.7 Å². The summed E-state index contributed by atoms with van der Waals surface area (Å²) in [6, 6.07) is 25.1. The molecule has 0 bridgehead atoms. The van der Waals surface area contributed by atoms with Crippen molar-refractivity contribution in [1.29, 1.82) is 0 Å². The van der Waals surface area contributed by atoms with Crippen LogP contribution in [0.25, 0.3) is 0 Å². The van der Waals surface area contributed by atoms with Gasteiger partial charge in [0.1, 0.15) is 42.4 Å². The Bertz CT molecular complexity index is 1600. The SMILES string of the molecule is COc1ccc(C(OCC2=CC(OCO)[C@H](n3cc(C)c(=O)[nH]c3=O)O2)(c2ccccc2)c2ccc(OC)cc2)cc1. The van der Waals surface area contributed by atoms with E-state index in [2.05, 4.69) is 4.98 Å². The number of hydrogen-bond donors (Lipinski definition) is 2. The second-order valence-electron chi connectivity index (χ2n) is 9.67. The van der Waals surface area contributed by atoms with E-state index >= 15 is 0 Å². The Morgan fingerprint density at radius 3 is 2.00 bits per heavy atom. The molecule has 1 aliphatic rings. The molecule has 0 radical (unpaired) electrons. The Morgan fingerprint density at radius 1 is 0.881 bits per heavy atom. The van der Waals surface area contributed by atoms with Crippen LogP contribution in [0.2, 0.25) is 0 Å². The number of rotatable bonds is 11. The van der Waals surface area contributed by atoms with Crippen molar-refractivity contribution in [2.24, 2.45) is 0 Å². The van der Waals surface area contributed by atoms with Gasteiger partial charge in [0.25, 0.3) is 5.56 Å². The number of aliphatic hydroxyl groups excluding tert-OH is 1. The molecule has 0 saturated carbocycles. The topological polar surface area (TPSA) is 121 Å². The maximum absolute atomic E-state index is 12.6. The Labute approximate surface area is 242 Å². The summed E-state index contributed by atoms with van der Waals surface area (Å²) in [5, 5.41) is 9.53. The number of aliphatic hydroxyl groups is 1. The van der Waals surface area contributed by atoms with Crippen LogP contribution in [0, 0.1) is 6.92 Å². The van der Waals surface area contributed by atoms with E-state index in [1.165, 1.54) is 10.8 Å². The van der Waals surface area contributed by atoms with E-state index in [1.807, 2.05) is 78.9 Å². The molecule has 0 aliphatic carbocycles. The number of nitrogens with zero attached hydrogens (tertiary/aromatic N) is 1. The molecule has 2 heterocycles. The van der Waals surface area contributed by atoms with E-state index in [4.69, 9.17) is 23.7 Å². The van der Waals surface area contributed by atoms with Crippen LogP contribution in [0.1, 0.15) is 28.5 Å². The average molecular weight is 573 g/mol. The predicted molar refractivity (Wildman–Crippen MR) is 154 cm³/mol. The molecule has 5 rings (SSSR count). The Morgan fingerprint density at radius 2 is 1.45 bits per heavy atom. The zero-order valence-electron chi connectivity index (χ0n) is 23.5. The summed E-state index contributed by atoms with van der Waals surface area (Å²) < 4.78 is 30.6. The molecule has 10 nitrogen and oxygen atoms in total. The summed E-state index contributed by atoms with van der Waals surface area (Å²) in [6.45, 7) is 0.963. The molecule has 10 heteroatoms. The summed E-state index contributed by atoms with van der Waals surface area (Å²) in [5.41, 5.74) is 0.625. The molecule has 2 N–H and O–H groups in total. The van der Waals surface area contributed by atoms with Crippen molar-refractivity contribution >= 4 is 0 Å². The molecule has 3 aromatic carbocycles. The first kappa shape index (κ1) is 28.9. The fourth-order valence-electron chi connectivity index (χ4n) is 5.07. The fourth-order valence-corrected chi connectivity index (χ4v) is 5.07. The normalized spacial score (nSPS) is 16.5. The summed E-state index contributed by atoms with van der Waals surface area (Å²) in [6.07, 6.45) is 1.28. The molecule has 0 spiro atoms. The highest BCUT2D eigenvalue weighted by Crippen LogP contribution is 2.42. The average Bonchev–Trinajstić information content (AvgIpc) is 3.42. The van der Waals surface area contributed by atoms with Crippen molar-refractivity contribution in [3.05, 3.63) is 140 Å². The molecular formula is C32H32N2O8. The maximum atomic E-state index is 12.6. The first-order valence-corrected chi connectivity index (χ1v) is 13.3. The maximum Gasteiger partial charge on any atom is 0.331 e. The standard InChI is InChI=1S/C32H32N2O8/c1-21-18-34(31(37)33-29(21)36)30-28(40-20-35)17-27(42-30)19-41-32(22-7-5-4-6-8-22,23-9-13-25(38-2)14-10-23)24-11-15-26(39-3)16-12-24/h4-18,28,30,35H,19-20H2,1-3H3,(H,33,36,37)/t28?,30-/m1/s1. The molecule has 2 atom stereocenters. The van der Waals surface area contributed by atoms with Gasteiger partial charge in [-0.25, -0.2) is 4.79 Å². The van der Waals surface area contributed by atoms with Crippen LogP contribution in [-0.4, -0.2) is 48.4 Å². The molecule has 0 fully saturated rings. The van der Waals surface area contributed by atoms with E-state index in [-0.39, 0.29) is 6.61 Å². The second-order valence-corrected chi connectivity index (χ2v) is 9.67. The number of H-pyrrole nitrogens is 1. The Kier molecular flexibility index (Phi) is 8.58. The monoisotopic (exact) mass is 572 g/mol. The van der Waals surface area contributed by atoms with Gasteiger partial charge >= 0.3 is 5.69 Å². The van der Waals surface area contributed by atoms with E-state index in [1.54, 1.807) is 27.2 Å². The third kappa shape index (κ3) is 5.60. The van der Waals surface area contributed by atoms with Gasteiger partial charge < -0.3 is 28.8 Å². The lowest BCUT2D eigenvalue weighted by atomic mass is 9.80. The van der Waals surface area contributed by atoms with Gasteiger partial charge in [0.15, 0.2) is 0 Å². The minimum absolute atomic E-state index is 0.0220. The number of benzene rings is 3. The van der Waals surface area contributed by atoms with Crippen molar-refractivity contribution < 1.29 is 28.8 Å². The minimum atomic E-state index is -1.10. The lowest BCUT2D eigenvalue weighted by Gasteiger charge is -2.36. The first-order chi connectivity index (χ1) is 20.4. The number of methoxy groups -OCH3 is 2. The van der Waals surface area contributed by atoms with Gasteiger partial charge in [0.05, 0.1) is 14.2 Å². The number of aromatic amines is 1. The summed E-state index contributed by atoms with van der Waals surface area (Å²) in [5.74, 6) is 1.79. The lowest BCUT2D eigenvalue weighted by Crippen LogP contribution is -2.37. The van der Waals surface area contributed by atoms with Crippen molar-refractivity contribution in [2.45, 2.75) is 24.9 Å². The third-order valence-electron chi connectivity index (χ3n) is 7.19. The molecule has 0 amide bonds. The largest absolute Gasteiger partial charge is 0.497 e. The quantitative estimate of drug-likeness (QED) is 0.207. The predicted octanol–water partition coefficient (Wildman–Crippen LogP) is 3.62. The van der Waals surface area contributed by atoms with Crippen LogP contribution in [-0.2, 0) is 19.8 Å². The van der Waals surface area contributed by atoms with Gasteiger partial charge in [-0.3, -0.25) is 14.3 Å². The summed E-state index contributed by atoms with van der Waals surface area (Å²) in [4.78, 5) is 26.9. The first-order valence-electron chi connectivity index (χ1n) is 13.3. The van der Waals surface area contributed by atoms with Crippen molar-refractivity contribution in [3.8, 4) is 11.5 Å². The minimum Gasteiger partial charge on any atom is -0.497 e. The van der Waals surface area contributed by atoms with Gasteiger partial charge in [0, 0.05) is 11.8 Å². The highest BCUT2D eigenvalue weighted by Gasteiger charge is 2.40. The molecule has 1 unspecified atom stereocenters. The van der Waals surface area contributed by atoms with Gasteiger partial charge in [-0.05, 0) is 54.0 Å². The summed E-state index contributed by atoms with van der Waals surface area (Å²) in [7, 11) is 3.22. The van der Waals surface area contributed by atoms with Crippen molar-refractivity contribution in [1.82, 2.24) is 9.55 Å². The lowest BCUT2D eigenvalue weighted by molar-refractivity contribution is -0.0983. The third-order valence-corrected chi connectivity index (χ3v) is 7.19. The molecule has 1 aliphatic heterocycles. The molecule has 1 aromatic heterocycles. The van der Waals surface area contributed by atoms with E-state index in [0.29, 0.717) is 22.8 Å². The molecule has 42 heavy (non-hydrogen) atoms. The highest BCUT2D eigenvalue weighted by molar-refractivity contribution is 5.49. The highest BCUT2D eigenvalue weighted by atomic mass is 16.6. The van der Waals surface area contributed by atoms with Gasteiger partial charge in [0.2, 0.25) is 6.23 Å². The van der Waals surface area contributed by atoms with Crippen LogP contribution < -0.4 is 20.7 Å². The molecule has 0 saturated heterocycles. The summed E-state index contributed by atoms with van der Waals surface area (Å²) >= 11 is 0.